The number of aryl methyl sites for hydroxylation is 2. The van der Waals surface area contributed by atoms with Crippen molar-refractivity contribution >= 4 is 11.6 Å². The fourth-order valence-corrected chi connectivity index (χ4v) is 2.63. The largest absolute Gasteiger partial charge is 0.424 e. The summed E-state index contributed by atoms with van der Waals surface area (Å²) in [5.74, 6) is 0.345. The maximum atomic E-state index is 12.4. The van der Waals surface area contributed by atoms with Crippen LogP contribution in [0.1, 0.15) is 15.9 Å². The molecule has 0 bridgehead atoms. The third-order valence-corrected chi connectivity index (χ3v) is 4.12. The van der Waals surface area contributed by atoms with Crippen LogP contribution in [0.15, 0.2) is 79.4 Å². The first-order valence-electron chi connectivity index (χ1n) is 9.05. The summed E-state index contributed by atoms with van der Waals surface area (Å²) in [7, 11) is 0. The number of hydrogen-bond donors (Lipinski definition) is 1. The second-order valence-electron chi connectivity index (χ2n) is 6.20. The molecule has 0 atom stereocenters. The Labute approximate surface area is 167 Å². The molecule has 2 aromatic carbocycles. The molecule has 0 aliphatic carbocycles. The highest BCUT2D eigenvalue weighted by molar-refractivity contribution is 6.03. The Kier molecular flexibility index (Phi) is 5.52. The Morgan fingerprint density at radius 3 is 2.31 bits per heavy atom. The van der Waals surface area contributed by atoms with Gasteiger partial charge in [-0.2, -0.15) is 15.0 Å². The highest BCUT2D eigenvalue weighted by Crippen LogP contribution is 2.17. The van der Waals surface area contributed by atoms with E-state index in [1.807, 2.05) is 42.5 Å². The normalized spacial score (nSPS) is 10.5. The topological polar surface area (TPSA) is 94.8 Å². The summed E-state index contributed by atoms with van der Waals surface area (Å²) in [5.41, 5.74) is 2.17. The smallest absolute Gasteiger partial charge is 0.321 e. The van der Waals surface area contributed by atoms with E-state index in [1.165, 1.54) is 12.4 Å². The first kappa shape index (κ1) is 18.3. The fourth-order valence-electron chi connectivity index (χ4n) is 2.63. The Bertz CT molecular complexity index is 1050. The van der Waals surface area contributed by atoms with Crippen molar-refractivity contribution in [2.75, 3.05) is 5.32 Å². The summed E-state index contributed by atoms with van der Waals surface area (Å²) >= 11 is 0. The number of anilines is 1. The van der Waals surface area contributed by atoms with E-state index in [4.69, 9.17) is 4.74 Å². The lowest BCUT2D eigenvalue weighted by Crippen LogP contribution is -2.13. The van der Waals surface area contributed by atoms with Gasteiger partial charge in [0.15, 0.2) is 0 Å². The van der Waals surface area contributed by atoms with Crippen LogP contribution in [0, 0.1) is 0 Å². The van der Waals surface area contributed by atoms with Gasteiger partial charge in [-0.15, -0.1) is 0 Å². The van der Waals surface area contributed by atoms with Crippen LogP contribution < -0.4 is 10.1 Å². The lowest BCUT2D eigenvalue weighted by atomic mass is 10.1. The van der Waals surface area contributed by atoms with Crippen LogP contribution in [0.3, 0.4) is 0 Å². The van der Waals surface area contributed by atoms with Crippen LogP contribution >= 0.6 is 0 Å². The Morgan fingerprint density at radius 1 is 0.931 bits per heavy atom. The van der Waals surface area contributed by atoms with Gasteiger partial charge in [-0.05, 0) is 36.2 Å². The van der Waals surface area contributed by atoms with Crippen molar-refractivity contribution in [3.63, 3.8) is 0 Å². The van der Waals surface area contributed by atoms with Crippen molar-refractivity contribution in [2.24, 2.45) is 0 Å². The number of nitrogens with one attached hydrogen (secondary N) is 1. The van der Waals surface area contributed by atoms with Crippen molar-refractivity contribution < 1.29 is 9.53 Å². The molecule has 2 heterocycles. The van der Waals surface area contributed by atoms with E-state index >= 15 is 0 Å². The van der Waals surface area contributed by atoms with Gasteiger partial charge < -0.3 is 10.1 Å². The number of carbonyl (C=O) groups is 1. The predicted octanol–water partition coefficient (Wildman–Crippen LogP) is 3.36. The molecule has 0 saturated heterocycles. The average molecular weight is 386 g/mol. The molecule has 4 aromatic rings. The highest BCUT2D eigenvalue weighted by atomic mass is 16.5. The predicted molar refractivity (Wildman–Crippen MR) is 107 cm³/mol. The van der Waals surface area contributed by atoms with Crippen molar-refractivity contribution in [1.82, 2.24) is 25.0 Å². The van der Waals surface area contributed by atoms with Crippen molar-refractivity contribution in [3.8, 4) is 11.8 Å². The van der Waals surface area contributed by atoms with E-state index in [0.29, 0.717) is 23.5 Å². The average Bonchev–Trinajstić information content (AvgIpc) is 3.28. The van der Waals surface area contributed by atoms with Gasteiger partial charge in [0.05, 0.1) is 24.5 Å². The summed E-state index contributed by atoms with van der Waals surface area (Å²) < 4.78 is 5.53. The van der Waals surface area contributed by atoms with Gasteiger partial charge in [0.2, 0.25) is 0 Å². The minimum Gasteiger partial charge on any atom is -0.424 e. The maximum Gasteiger partial charge on any atom is 0.321 e. The van der Waals surface area contributed by atoms with Crippen LogP contribution in [0.5, 0.6) is 11.8 Å². The van der Waals surface area contributed by atoms with Crippen LogP contribution in [0.4, 0.5) is 5.69 Å². The number of nitrogens with zero attached hydrogens (tertiary/aromatic N) is 5. The van der Waals surface area contributed by atoms with E-state index in [-0.39, 0.29) is 11.9 Å². The first-order chi connectivity index (χ1) is 14.3. The summed E-state index contributed by atoms with van der Waals surface area (Å²) in [6.45, 7) is 0.702. The van der Waals surface area contributed by atoms with Gasteiger partial charge in [0, 0.05) is 18.1 Å². The molecule has 0 spiro atoms. The molecule has 0 radical (unpaired) electrons. The van der Waals surface area contributed by atoms with Gasteiger partial charge in [-0.25, -0.2) is 9.97 Å². The monoisotopic (exact) mass is 386 g/mol. The minimum atomic E-state index is -0.287. The van der Waals surface area contributed by atoms with Crippen molar-refractivity contribution in [1.29, 1.82) is 0 Å². The molecule has 8 nitrogen and oxygen atoms in total. The lowest BCUT2D eigenvalue weighted by molar-refractivity contribution is 0.102. The quantitative estimate of drug-likeness (QED) is 0.523. The standard InChI is InChI=1S/C21H18N6O2/c28-20(17-14-22-21(23-15-17)29-19-4-2-1-3-5-19)26-18-8-6-16(7-9-18)10-13-27-24-11-12-25-27/h1-9,11-12,14-15H,10,13H2,(H,26,28). The molecular weight excluding hydrogens is 368 g/mol. The number of rotatable bonds is 7. The molecular formula is C21H18N6O2. The summed E-state index contributed by atoms with van der Waals surface area (Å²) in [6, 6.07) is 17.0. The zero-order valence-corrected chi connectivity index (χ0v) is 15.5. The van der Waals surface area contributed by atoms with E-state index in [9.17, 15) is 4.79 Å². The van der Waals surface area contributed by atoms with Gasteiger partial charge in [-0.1, -0.05) is 30.3 Å². The molecule has 144 valence electrons. The third-order valence-electron chi connectivity index (χ3n) is 4.12. The molecule has 29 heavy (non-hydrogen) atoms. The molecule has 4 rings (SSSR count). The van der Waals surface area contributed by atoms with E-state index < -0.39 is 0 Å². The van der Waals surface area contributed by atoms with Gasteiger partial charge in [0.1, 0.15) is 5.75 Å². The number of aromatic nitrogens is 5. The molecule has 0 aliphatic rings. The molecule has 8 heteroatoms. The minimum absolute atomic E-state index is 0.184. The first-order valence-corrected chi connectivity index (χ1v) is 9.05. The van der Waals surface area contributed by atoms with Crippen LogP contribution in [-0.4, -0.2) is 30.9 Å². The Balaban J connectivity index is 1.32. The van der Waals surface area contributed by atoms with Crippen molar-refractivity contribution in [2.45, 2.75) is 13.0 Å². The molecule has 0 aliphatic heterocycles. The molecule has 0 saturated carbocycles. The maximum absolute atomic E-state index is 12.4. The van der Waals surface area contributed by atoms with Gasteiger partial charge in [0.25, 0.3) is 5.91 Å². The summed E-state index contributed by atoms with van der Waals surface area (Å²) in [5, 5.41) is 11.0. The summed E-state index contributed by atoms with van der Waals surface area (Å²) in [4.78, 5) is 22.2. The van der Waals surface area contributed by atoms with Crippen LogP contribution in [0.25, 0.3) is 0 Å². The van der Waals surface area contributed by atoms with Crippen LogP contribution in [0.2, 0.25) is 0 Å². The Hall–Kier alpha value is -4.07. The van der Waals surface area contributed by atoms with Crippen LogP contribution in [-0.2, 0) is 13.0 Å². The number of ether oxygens (including phenoxy) is 1. The lowest BCUT2D eigenvalue weighted by Gasteiger charge is -2.07. The third kappa shape index (κ3) is 5.01. The number of carbonyl (C=O) groups excluding carboxylic acids is 1. The van der Waals surface area contributed by atoms with E-state index in [1.54, 1.807) is 29.3 Å². The van der Waals surface area contributed by atoms with Crippen molar-refractivity contribution in [3.05, 3.63) is 90.5 Å². The van der Waals surface area contributed by atoms with E-state index in [0.717, 1.165) is 12.0 Å². The number of para-hydroxylation sites is 1. The molecule has 2 aromatic heterocycles. The molecule has 0 fully saturated rings. The molecule has 1 amide bonds. The van der Waals surface area contributed by atoms with Gasteiger partial charge in [-0.3, -0.25) is 4.79 Å². The number of benzene rings is 2. The second-order valence-corrected chi connectivity index (χ2v) is 6.20. The summed E-state index contributed by atoms with van der Waals surface area (Å²) in [6.07, 6.45) is 6.99. The zero-order valence-electron chi connectivity index (χ0n) is 15.5. The van der Waals surface area contributed by atoms with E-state index in [2.05, 4.69) is 25.5 Å². The Morgan fingerprint density at radius 2 is 1.62 bits per heavy atom. The number of hydrogen-bond acceptors (Lipinski definition) is 6. The fraction of sp³-hybridized carbons (Fsp3) is 0.0952. The highest BCUT2D eigenvalue weighted by Gasteiger charge is 2.09. The second kappa shape index (κ2) is 8.75. The zero-order chi connectivity index (χ0) is 19.9. The SMILES string of the molecule is O=C(Nc1ccc(CCn2nccn2)cc1)c1cnc(Oc2ccccc2)nc1. The van der Waals surface area contributed by atoms with Gasteiger partial charge >= 0.3 is 6.01 Å². The number of amides is 1. The molecule has 1 N–H and O–H groups in total. The molecule has 0 unspecified atom stereocenters.